The summed E-state index contributed by atoms with van der Waals surface area (Å²) in [5.41, 5.74) is 0. The number of hydrogen-bond acceptors (Lipinski definition) is 14. The van der Waals surface area contributed by atoms with E-state index >= 15 is 0 Å². The second kappa shape index (κ2) is 23.7. The third-order valence-corrected chi connectivity index (χ3v) is 53.6. The van der Waals surface area contributed by atoms with Gasteiger partial charge in [-0.2, -0.15) is 0 Å². The maximum Gasteiger partial charge on any atom is 0.515 e. The van der Waals surface area contributed by atoms with Crippen molar-refractivity contribution in [3.05, 3.63) is 243 Å². The summed E-state index contributed by atoms with van der Waals surface area (Å²) in [6.45, 7) is 8.20. The van der Waals surface area contributed by atoms with Gasteiger partial charge in [0.2, 0.25) is 0 Å². The molecule has 8 aromatic rings. The van der Waals surface area contributed by atoms with Crippen LogP contribution in [0.1, 0.15) is 0 Å². The van der Waals surface area contributed by atoms with E-state index in [1.165, 1.54) is 0 Å². The molecule has 4 fully saturated rings. The van der Waals surface area contributed by atoms with Crippen LogP contribution in [0.4, 0.5) is 0 Å². The molecule has 4 aliphatic rings. The topological polar surface area (TPSA) is 129 Å². The van der Waals surface area contributed by atoms with Crippen molar-refractivity contribution in [2.24, 2.45) is 0 Å². The Hall–Kier alpha value is -4.20. The Balaban J connectivity index is 1.41. The fourth-order valence-corrected chi connectivity index (χ4v) is 61.7. The lowest BCUT2D eigenvalue weighted by atomic mass is 10.4. The number of rotatable bonds is 16. The first-order valence-corrected chi connectivity index (χ1v) is 47.9. The molecule has 0 atom stereocenters. The molecular weight excluding hydrogens is 1190 g/mol. The predicted octanol–water partition coefficient (Wildman–Crippen LogP) is 1.56. The summed E-state index contributed by atoms with van der Waals surface area (Å²) in [6.07, 6.45) is 0. The first-order chi connectivity index (χ1) is 38.2. The van der Waals surface area contributed by atoms with E-state index < -0.39 is 109 Å². The molecule has 8 aromatic carbocycles. The minimum Gasteiger partial charge on any atom is -0.419 e. The van der Waals surface area contributed by atoms with Crippen molar-refractivity contribution >= 4 is 151 Å². The van der Waals surface area contributed by atoms with E-state index in [-0.39, 0.29) is 0 Å². The molecule has 0 radical (unpaired) electrons. The second-order valence-electron chi connectivity index (χ2n) is 18.1. The standard InChI is InChI=1S/C52H60O14Si12/c1-67-53-71(45-29-13-5-14-30-45)57-75(49-37-21-9-22-38-49)59-72(54-68-2,46-31-15-6-16-32-46)60-76(58-71,50-39-23-10-24-40-50)66-78(52-43-27-12-28-44-52)62-73(55-69-3,47-33-17-7-18-34-47)61-77(65-75,51-41-25-11-26-42-51)63-74(64-78,56-70-4)48-35-19-8-20-36-48/h5-44H,67-70H2,1-4H3. The summed E-state index contributed by atoms with van der Waals surface area (Å²) in [5.74, 6) is 0. The zero-order valence-corrected chi connectivity index (χ0v) is 57.3. The van der Waals surface area contributed by atoms with Gasteiger partial charge in [-0.1, -0.05) is 269 Å². The predicted molar refractivity (Wildman–Crippen MR) is 327 cm³/mol. The van der Waals surface area contributed by atoms with Crippen molar-refractivity contribution in [2.75, 3.05) is 0 Å². The van der Waals surface area contributed by atoms with Gasteiger partial charge in [0.25, 0.3) is 0 Å². The second-order valence-corrected chi connectivity index (χ2v) is 46.7. The lowest BCUT2D eigenvalue weighted by molar-refractivity contribution is 0.0508. The lowest BCUT2D eigenvalue weighted by Gasteiger charge is -2.57. The van der Waals surface area contributed by atoms with Crippen LogP contribution in [0.2, 0.25) is 26.2 Å². The Morgan fingerprint density at radius 2 is 0.346 bits per heavy atom. The first kappa shape index (κ1) is 55.7. The van der Waals surface area contributed by atoms with Crippen molar-refractivity contribution < 1.29 is 57.6 Å². The van der Waals surface area contributed by atoms with E-state index in [1.54, 1.807) is 0 Å². The zero-order valence-electron chi connectivity index (χ0n) is 43.6. The third-order valence-electron chi connectivity index (χ3n) is 13.0. The monoisotopic (exact) mass is 1240 g/mol. The molecule has 78 heavy (non-hydrogen) atoms. The van der Waals surface area contributed by atoms with Gasteiger partial charge >= 0.3 is 70.4 Å². The van der Waals surface area contributed by atoms with Crippen LogP contribution in [0.3, 0.4) is 0 Å². The number of hydrogen-bond donors (Lipinski definition) is 0. The van der Waals surface area contributed by atoms with Gasteiger partial charge in [0.05, 0.1) is 0 Å². The van der Waals surface area contributed by atoms with Crippen LogP contribution < -0.4 is 41.5 Å². The smallest absolute Gasteiger partial charge is 0.419 e. The third kappa shape index (κ3) is 10.7. The minimum absolute atomic E-state index is 0.537. The molecule has 0 aliphatic carbocycles. The Kier molecular flexibility index (Phi) is 16.9. The maximum absolute atomic E-state index is 8.51. The lowest BCUT2D eigenvalue weighted by Crippen LogP contribution is -2.90. The van der Waals surface area contributed by atoms with Gasteiger partial charge in [0.15, 0.2) is 0 Å². The van der Waals surface area contributed by atoms with Gasteiger partial charge < -0.3 is 57.6 Å². The van der Waals surface area contributed by atoms with E-state index in [0.29, 0.717) is 41.5 Å². The van der Waals surface area contributed by atoms with Crippen LogP contribution >= 0.6 is 0 Å². The molecule has 4 saturated heterocycles. The number of fused-ring (bicyclic) bond motifs is 4. The van der Waals surface area contributed by atoms with Gasteiger partial charge in [0.1, 0.15) is 39.1 Å². The molecule has 0 unspecified atom stereocenters. The highest BCUT2D eigenvalue weighted by molar-refractivity contribution is 7.10. The number of benzene rings is 8. The molecule has 4 heterocycles. The molecule has 0 amide bonds. The van der Waals surface area contributed by atoms with E-state index in [4.69, 9.17) is 57.6 Å². The van der Waals surface area contributed by atoms with E-state index in [2.05, 4.69) is 0 Å². The van der Waals surface area contributed by atoms with Crippen LogP contribution in [0.25, 0.3) is 0 Å². The van der Waals surface area contributed by atoms with Gasteiger partial charge in [-0.15, -0.1) is 0 Å². The molecule has 400 valence electrons. The van der Waals surface area contributed by atoms with Crippen LogP contribution in [0.5, 0.6) is 0 Å². The Labute approximate surface area is 474 Å². The molecular formula is C52H60O14Si12. The fraction of sp³-hybridized carbons (Fsp3) is 0.0769. The molecule has 0 spiro atoms. The average Bonchev–Trinajstić information content (AvgIpc) is 3.61. The first-order valence-electron chi connectivity index (χ1n) is 26.2. The Morgan fingerprint density at radius 3 is 0.487 bits per heavy atom. The zero-order chi connectivity index (χ0) is 53.6. The Bertz CT molecular complexity index is 2750. The van der Waals surface area contributed by atoms with Gasteiger partial charge in [-0.25, -0.2) is 0 Å². The summed E-state index contributed by atoms with van der Waals surface area (Å²) in [6, 6.07) is 77.9. The summed E-state index contributed by atoms with van der Waals surface area (Å²) in [4.78, 5) is 0. The highest BCUT2D eigenvalue weighted by Crippen LogP contribution is 2.42. The molecule has 12 rings (SSSR count). The summed E-state index contributed by atoms with van der Waals surface area (Å²) in [7, 11) is -44.5. The minimum atomic E-state index is -5.03. The van der Waals surface area contributed by atoms with Crippen molar-refractivity contribution in [2.45, 2.75) is 26.2 Å². The van der Waals surface area contributed by atoms with Crippen LogP contribution in [-0.4, -0.2) is 109 Å². The van der Waals surface area contributed by atoms with Crippen molar-refractivity contribution in [3.63, 3.8) is 0 Å². The van der Waals surface area contributed by atoms with Crippen molar-refractivity contribution in [1.29, 1.82) is 0 Å². The highest BCUT2D eigenvalue weighted by atomic mass is 28.6. The van der Waals surface area contributed by atoms with Crippen molar-refractivity contribution in [3.8, 4) is 0 Å². The molecule has 0 saturated carbocycles. The largest absolute Gasteiger partial charge is 0.515 e. The van der Waals surface area contributed by atoms with Gasteiger partial charge in [-0.05, 0) is 0 Å². The quantitative estimate of drug-likeness (QED) is 0.130. The molecule has 14 nitrogen and oxygen atoms in total. The van der Waals surface area contributed by atoms with E-state index in [9.17, 15) is 0 Å². The summed E-state index contributed by atoms with van der Waals surface area (Å²) >= 11 is 0. The molecule has 4 bridgehead atoms. The summed E-state index contributed by atoms with van der Waals surface area (Å²) < 4.78 is 113. The van der Waals surface area contributed by atoms with Gasteiger partial charge in [0, 0.05) is 41.5 Å². The normalized spacial score (nSPS) is 30.7. The van der Waals surface area contributed by atoms with Crippen LogP contribution in [0.15, 0.2) is 243 Å². The van der Waals surface area contributed by atoms with E-state index in [0.717, 1.165) is 0 Å². The molecule has 0 N–H and O–H groups in total. The average molecular weight is 1250 g/mol. The maximum atomic E-state index is 8.51. The fourth-order valence-electron chi connectivity index (χ4n) is 9.75. The SMILES string of the molecule is C[SiH2]O[Si]1(c2ccccc2)O[Si]2(c3ccccc3)O[Si](O[SiH2]C)(c3ccccc3)O[Si](c3ccccc3)(O1)O[Si]1(c3ccccc3)O[Si](O[SiH2]C)(c3ccccc3)O[Si](c3ccccc3)(O[Si](O[SiH2]C)(c3ccccc3)O1)O2. The molecule has 26 heteroatoms. The molecule has 0 aromatic heterocycles. The van der Waals surface area contributed by atoms with Gasteiger partial charge in [-0.3, -0.25) is 0 Å². The van der Waals surface area contributed by atoms with Crippen molar-refractivity contribution in [1.82, 2.24) is 0 Å². The Morgan fingerprint density at radius 1 is 0.205 bits per heavy atom. The van der Waals surface area contributed by atoms with Crippen LogP contribution in [-0.2, 0) is 57.6 Å². The molecule has 4 aliphatic heterocycles. The van der Waals surface area contributed by atoms with E-state index in [1.807, 2.05) is 269 Å². The van der Waals surface area contributed by atoms with Crippen LogP contribution in [0, 0.1) is 0 Å². The highest BCUT2D eigenvalue weighted by Gasteiger charge is 2.80. The summed E-state index contributed by atoms with van der Waals surface area (Å²) in [5, 5.41) is 4.64.